The molecule has 0 heterocycles. The van der Waals surface area contributed by atoms with Gasteiger partial charge in [-0.2, -0.15) is 0 Å². The number of nitro groups is 1. The number of nitrogens with zero attached hydrogens (tertiary/aromatic N) is 1. The first-order chi connectivity index (χ1) is 9.13. The van der Waals surface area contributed by atoms with Crippen molar-refractivity contribution in [2.45, 2.75) is 26.0 Å². The van der Waals surface area contributed by atoms with Crippen LogP contribution in [0, 0.1) is 16.0 Å². The third-order valence-electron chi connectivity index (χ3n) is 2.97. The van der Waals surface area contributed by atoms with E-state index in [1.54, 1.807) is 12.1 Å². The van der Waals surface area contributed by atoms with Crippen molar-refractivity contribution in [3.8, 4) is 5.75 Å². The van der Waals surface area contributed by atoms with Gasteiger partial charge in [0.2, 0.25) is 6.04 Å². The van der Waals surface area contributed by atoms with Gasteiger partial charge in [0.25, 0.3) is 0 Å². The van der Waals surface area contributed by atoms with E-state index in [0.717, 1.165) is 5.56 Å². The molecular weight excluding hydrogens is 250 g/mol. The van der Waals surface area contributed by atoms with E-state index in [1.807, 2.05) is 19.1 Å². The van der Waals surface area contributed by atoms with Crippen LogP contribution in [-0.4, -0.2) is 23.5 Å². The normalized spacial score (nSPS) is 20.7. The van der Waals surface area contributed by atoms with Gasteiger partial charge in [-0.3, -0.25) is 14.9 Å². The molecule has 1 aromatic rings. The van der Waals surface area contributed by atoms with Gasteiger partial charge in [0.1, 0.15) is 18.3 Å². The smallest absolute Gasteiger partial charge is 0.316 e. The molecular formula is C13H15NO5. The van der Waals surface area contributed by atoms with Crippen molar-refractivity contribution >= 4 is 5.97 Å². The van der Waals surface area contributed by atoms with E-state index in [9.17, 15) is 14.9 Å². The average Bonchev–Trinajstić information content (AvgIpc) is 3.18. The zero-order valence-electron chi connectivity index (χ0n) is 10.6. The van der Waals surface area contributed by atoms with Gasteiger partial charge in [-0.15, -0.1) is 0 Å². The van der Waals surface area contributed by atoms with E-state index >= 15 is 0 Å². The Morgan fingerprint density at radius 3 is 2.84 bits per heavy atom. The van der Waals surface area contributed by atoms with Crippen molar-refractivity contribution in [2.75, 3.05) is 6.61 Å². The van der Waals surface area contributed by atoms with Gasteiger partial charge in [0.15, 0.2) is 0 Å². The minimum absolute atomic E-state index is 0.0793. The minimum atomic E-state index is -0.769. The maximum absolute atomic E-state index is 11.6. The molecule has 102 valence electrons. The zero-order valence-corrected chi connectivity index (χ0v) is 10.6. The van der Waals surface area contributed by atoms with Crippen LogP contribution in [0.25, 0.3) is 0 Å². The molecule has 1 aliphatic carbocycles. The van der Waals surface area contributed by atoms with Gasteiger partial charge in [-0.05, 0) is 13.0 Å². The third kappa shape index (κ3) is 3.21. The predicted molar refractivity (Wildman–Crippen MR) is 66.3 cm³/mol. The molecule has 0 saturated heterocycles. The molecule has 1 aliphatic rings. The molecule has 2 atom stereocenters. The number of rotatable bonds is 6. The van der Waals surface area contributed by atoms with Crippen LogP contribution in [0.15, 0.2) is 24.3 Å². The van der Waals surface area contributed by atoms with Crippen molar-refractivity contribution in [3.63, 3.8) is 0 Å². The number of benzene rings is 1. The fourth-order valence-corrected chi connectivity index (χ4v) is 1.84. The summed E-state index contributed by atoms with van der Waals surface area (Å²) < 4.78 is 10.5. The van der Waals surface area contributed by atoms with Gasteiger partial charge in [-0.1, -0.05) is 18.2 Å². The van der Waals surface area contributed by atoms with Crippen LogP contribution in [0.5, 0.6) is 5.75 Å². The Hall–Kier alpha value is -2.11. The lowest BCUT2D eigenvalue weighted by Gasteiger charge is -2.10. The second-order valence-corrected chi connectivity index (χ2v) is 4.34. The molecule has 6 nitrogen and oxygen atoms in total. The lowest BCUT2D eigenvalue weighted by Crippen LogP contribution is -2.13. The van der Waals surface area contributed by atoms with Gasteiger partial charge in [-0.25, -0.2) is 0 Å². The number of carbonyl (C=O) groups excluding carboxylic acids is 1. The fraction of sp³-hybridized carbons (Fsp3) is 0.462. The summed E-state index contributed by atoms with van der Waals surface area (Å²) in [5.41, 5.74) is 0.760. The highest BCUT2D eigenvalue weighted by Crippen LogP contribution is 2.34. The lowest BCUT2D eigenvalue weighted by molar-refractivity contribution is -0.497. The molecule has 0 radical (unpaired) electrons. The number of hydrogen-bond acceptors (Lipinski definition) is 5. The van der Waals surface area contributed by atoms with E-state index in [4.69, 9.17) is 9.47 Å². The van der Waals surface area contributed by atoms with Crippen molar-refractivity contribution in [2.24, 2.45) is 5.92 Å². The van der Waals surface area contributed by atoms with Gasteiger partial charge in [0.05, 0.1) is 6.61 Å². The van der Waals surface area contributed by atoms with Gasteiger partial charge >= 0.3 is 5.97 Å². The summed E-state index contributed by atoms with van der Waals surface area (Å²) in [6.45, 7) is 2.47. The average molecular weight is 265 g/mol. The molecule has 0 N–H and O–H groups in total. The van der Waals surface area contributed by atoms with E-state index in [2.05, 4.69) is 0 Å². The first kappa shape index (κ1) is 13.3. The summed E-state index contributed by atoms with van der Waals surface area (Å²) in [6.07, 6.45) is 0.277. The molecule has 1 aromatic carbocycles. The number of hydrogen-bond donors (Lipinski definition) is 0. The standard InChI is InChI=1S/C13H15NO5/c1-2-18-12-6-4-3-5-9(12)8-19-13(15)10-7-11(10)14(16)17/h3-6,10-11H,2,7-8H2,1H3. The predicted octanol–water partition coefficient (Wildman–Crippen LogP) is 1.79. The van der Waals surface area contributed by atoms with Gasteiger partial charge < -0.3 is 9.47 Å². The molecule has 1 fully saturated rings. The molecule has 19 heavy (non-hydrogen) atoms. The van der Waals surface area contributed by atoms with E-state index in [0.29, 0.717) is 12.4 Å². The summed E-state index contributed by atoms with van der Waals surface area (Å²) in [5, 5.41) is 10.5. The molecule has 0 bridgehead atoms. The van der Waals surface area contributed by atoms with Crippen molar-refractivity contribution < 1.29 is 19.2 Å². The van der Waals surface area contributed by atoms with Crippen LogP contribution in [-0.2, 0) is 16.1 Å². The second kappa shape index (κ2) is 5.69. The zero-order chi connectivity index (χ0) is 13.8. The third-order valence-corrected chi connectivity index (χ3v) is 2.97. The quantitative estimate of drug-likeness (QED) is 0.445. The fourth-order valence-electron chi connectivity index (χ4n) is 1.84. The SMILES string of the molecule is CCOc1ccccc1COC(=O)C1CC1[N+](=O)[O-]. The molecule has 0 amide bonds. The largest absolute Gasteiger partial charge is 0.493 e. The summed E-state index contributed by atoms with van der Waals surface area (Å²) in [6, 6.07) is 6.48. The monoisotopic (exact) mass is 265 g/mol. The minimum Gasteiger partial charge on any atom is -0.493 e. The number of para-hydroxylation sites is 1. The molecule has 6 heteroatoms. The summed E-state index contributed by atoms with van der Waals surface area (Å²) >= 11 is 0. The Kier molecular flexibility index (Phi) is 3.99. The Morgan fingerprint density at radius 1 is 1.47 bits per heavy atom. The summed E-state index contributed by atoms with van der Waals surface area (Å²) in [4.78, 5) is 21.6. The highest BCUT2D eigenvalue weighted by Gasteiger charge is 2.54. The second-order valence-electron chi connectivity index (χ2n) is 4.34. The highest BCUT2D eigenvalue weighted by atomic mass is 16.6. The highest BCUT2D eigenvalue weighted by molar-refractivity contribution is 5.76. The van der Waals surface area contributed by atoms with Crippen molar-refractivity contribution in [1.29, 1.82) is 0 Å². The maximum atomic E-state index is 11.6. The van der Waals surface area contributed by atoms with Crippen LogP contribution in [0.3, 0.4) is 0 Å². The van der Waals surface area contributed by atoms with E-state index in [-0.39, 0.29) is 13.0 Å². The van der Waals surface area contributed by atoms with Crippen LogP contribution in [0.2, 0.25) is 0 Å². The van der Waals surface area contributed by atoms with Crippen LogP contribution in [0.4, 0.5) is 0 Å². The Morgan fingerprint density at radius 2 is 2.21 bits per heavy atom. The first-order valence-corrected chi connectivity index (χ1v) is 6.14. The van der Waals surface area contributed by atoms with Crippen LogP contribution >= 0.6 is 0 Å². The molecule has 0 spiro atoms. The molecule has 1 saturated carbocycles. The Labute approximate surface area is 110 Å². The first-order valence-electron chi connectivity index (χ1n) is 6.14. The maximum Gasteiger partial charge on any atom is 0.316 e. The molecule has 2 rings (SSSR count). The van der Waals surface area contributed by atoms with Crippen LogP contribution < -0.4 is 4.74 Å². The molecule has 2 unspecified atom stereocenters. The lowest BCUT2D eigenvalue weighted by atomic mass is 10.2. The van der Waals surface area contributed by atoms with E-state index in [1.165, 1.54) is 0 Å². The summed E-state index contributed by atoms with van der Waals surface area (Å²) in [5.74, 6) is -0.429. The summed E-state index contributed by atoms with van der Waals surface area (Å²) in [7, 11) is 0. The topological polar surface area (TPSA) is 78.7 Å². The number of ether oxygens (including phenoxy) is 2. The van der Waals surface area contributed by atoms with Crippen molar-refractivity contribution in [3.05, 3.63) is 39.9 Å². The number of carbonyl (C=O) groups is 1. The van der Waals surface area contributed by atoms with E-state index < -0.39 is 22.9 Å². The Balaban J connectivity index is 1.89. The molecule has 0 aliphatic heterocycles. The number of esters is 1. The Bertz CT molecular complexity index is 488. The van der Waals surface area contributed by atoms with Gasteiger partial charge in [0, 0.05) is 16.9 Å². The van der Waals surface area contributed by atoms with Crippen LogP contribution in [0.1, 0.15) is 18.9 Å². The van der Waals surface area contributed by atoms with Crippen molar-refractivity contribution in [1.82, 2.24) is 0 Å². The molecule has 0 aromatic heterocycles.